The highest BCUT2D eigenvalue weighted by molar-refractivity contribution is 6.00. The number of hydrogen-bond acceptors (Lipinski definition) is 6. The molecular formula is C28H25F3N2O5. The van der Waals surface area contributed by atoms with E-state index in [0.717, 1.165) is 19.2 Å². The summed E-state index contributed by atoms with van der Waals surface area (Å²) in [6.07, 6.45) is -4.58. The number of benzene rings is 3. The van der Waals surface area contributed by atoms with E-state index in [4.69, 9.17) is 9.47 Å². The summed E-state index contributed by atoms with van der Waals surface area (Å²) in [5.41, 5.74) is -1.88. The first kappa shape index (κ1) is 26.9. The molecule has 3 aromatic rings. The molecule has 4 unspecified atom stereocenters. The molecule has 0 radical (unpaired) electrons. The Morgan fingerprint density at radius 1 is 0.816 bits per heavy atom. The van der Waals surface area contributed by atoms with Crippen molar-refractivity contribution in [2.45, 2.75) is 29.7 Å². The first-order valence-electron chi connectivity index (χ1n) is 11.7. The number of hydrogen-bond donors (Lipinski definition) is 2. The van der Waals surface area contributed by atoms with Gasteiger partial charge in [-0.2, -0.15) is 13.2 Å². The lowest BCUT2D eigenvalue weighted by Gasteiger charge is -2.38. The summed E-state index contributed by atoms with van der Waals surface area (Å²) in [5.74, 6) is -3.31. The second-order valence-corrected chi connectivity index (χ2v) is 8.79. The number of alkyl halides is 3. The fourth-order valence-electron chi connectivity index (χ4n) is 4.98. The van der Waals surface area contributed by atoms with Crippen molar-refractivity contribution in [3.05, 3.63) is 107 Å². The van der Waals surface area contributed by atoms with Crippen LogP contribution in [0.2, 0.25) is 0 Å². The highest BCUT2D eigenvalue weighted by Crippen LogP contribution is 2.48. The summed E-state index contributed by atoms with van der Waals surface area (Å²) in [4.78, 5) is 40.3. The maximum atomic E-state index is 13.7. The van der Waals surface area contributed by atoms with Crippen LogP contribution in [0.15, 0.2) is 84.9 Å². The Morgan fingerprint density at radius 2 is 1.39 bits per heavy atom. The standard InChI is InChI=1S/C28H25F3N2O5/c1-37-25(35)22-21(17-9-5-3-6-10-17)27(26(36)38-2,33-24(34)19-11-7-4-8-12-19)23(32-22)18-13-15-20(16-14-18)28(29,30)31/h3-16,21-23,32H,1-2H3,(H,33,34). The van der Waals surface area contributed by atoms with E-state index in [9.17, 15) is 27.6 Å². The van der Waals surface area contributed by atoms with Crippen LogP contribution in [0.4, 0.5) is 13.2 Å². The summed E-state index contributed by atoms with van der Waals surface area (Å²) in [6, 6.07) is 18.5. The van der Waals surface area contributed by atoms with Crippen LogP contribution in [0.25, 0.3) is 0 Å². The Kier molecular flexibility index (Phi) is 7.54. The van der Waals surface area contributed by atoms with Gasteiger partial charge in [0.15, 0.2) is 5.54 Å². The molecule has 0 saturated carbocycles. The molecule has 38 heavy (non-hydrogen) atoms. The van der Waals surface area contributed by atoms with E-state index in [1.807, 2.05) is 0 Å². The van der Waals surface area contributed by atoms with E-state index in [-0.39, 0.29) is 11.1 Å². The van der Waals surface area contributed by atoms with Crippen LogP contribution in [-0.4, -0.2) is 43.6 Å². The summed E-state index contributed by atoms with van der Waals surface area (Å²) >= 11 is 0. The smallest absolute Gasteiger partial charge is 0.416 e. The molecule has 0 aliphatic carbocycles. The topological polar surface area (TPSA) is 93.7 Å². The molecule has 2 N–H and O–H groups in total. The third-order valence-corrected chi connectivity index (χ3v) is 6.69. The molecule has 10 heteroatoms. The highest BCUT2D eigenvalue weighted by atomic mass is 19.4. The molecule has 0 bridgehead atoms. The van der Waals surface area contributed by atoms with Gasteiger partial charge in [0.2, 0.25) is 0 Å². The number of rotatable bonds is 6. The van der Waals surface area contributed by atoms with Gasteiger partial charge in [-0.25, -0.2) is 4.79 Å². The van der Waals surface area contributed by atoms with Crippen LogP contribution < -0.4 is 10.6 Å². The molecule has 0 spiro atoms. The average molecular weight is 527 g/mol. The van der Waals surface area contributed by atoms with Gasteiger partial charge in [0.05, 0.1) is 25.8 Å². The van der Waals surface area contributed by atoms with Gasteiger partial charge in [0.1, 0.15) is 6.04 Å². The second kappa shape index (κ2) is 10.7. The van der Waals surface area contributed by atoms with E-state index in [1.54, 1.807) is 60.7 Å². The molecule has 4 atom stereocenters. The van der Waals surface area contributed by atoms with Crippen molar-refractivity contribution in [1.82, 2.24) is 10.6 Å². The van der Waals surface area contributed by atoms with Crippen molar-refractivity contribution in [3.8, 4) is 0 Å². The van der Waals surface area contributed by atoms with Crippen molar-refractivity contribution in [3.63, 3.8) is 0 Å². The Hall–Kier alpha value is -4.18. The van der Waals surface area contributed by atoms with Crippen molar-refractivity contribution in [1.29, 1.82) is 0 Å². The fraction of sp³-hybridized carbons (Fsp3) is 0.250. The van der Waals surface area contributed by atoms with E-state index < -0.39 is 53.1 Å². The SMILES string of the molecule is COC(=O)C1NC(c2ccc(C(F)(F)F)cc2)C(NC(=O)c2ccccc2)(C(=O)OC)C1c1ccccc1. The molecule has 1 saturated heterocycles. The van der Waals surface area contributed by atoms with Crippen LogP contribution >= 0.6 is 0 Å². The zero-order chi connectivity index (χ0) is 27.5. The largest absolute Gasteiger partial charge is 0.468 e. The van der Waals surface area contributed by atoms with Gasteiger partial charge < -0.3 is 14.8 Å². The number of amides is 1. The van der Waals surface area contributed by atoms with Crippen LogP contribution in [0.5, 0.6) is 0 Å². The quantitative estimate of drug-likeness (QED) is 0.472. The maximum absolute atomic E-state index is 13.7. The lowest BCUT2D eigenvalue weighted by Crippen LogP contribution is -2.61. The predicted molar refractivity (Wildman–Crippen MR) is 131 cm³/mol. The molecule has 198 valence electrons. The first-order chi connectivity index (χ1) is 18.1. The molecule has 0 aromatic heterocycles. The monoisotopic (exact) mass is 526 g/mol. The highest BCUT2D eigenvalue weighted by Gasteiger charge is 2.64. The van der Waals surface area contributed by atoms with E-state index in [1.165, 1.54) is 19.2 Å². The Morgan fingerprint density at radius 3 is 1.92 bits per heavy atom. The third-order valence-electron chi connectivity index (χ3n) is 6.69. The Bertz CT molecular complexity index is 1300. The Balaban J connectivity index is 1.95. The fourth-order valence-corrected chi connectivity index (χ4v) is 4.98. The number of methoxy groups -OCH3 is 2. The summed E-state index contributed by atoms with van der Waals surface area (Å²) in [6.45, 7) is 0. The van der Waals surface area contributed by atoms with Crippen LogP contribution in [0.1, 0.15) is 39.0 Å². The molecule has 1 fully saturated rings. The van der Waals surface area contributed by atoms with Crippen LogP contribution in [0, 0.1) is 0 Å². The lowest BCUT2D eigenvalue weighted by atomic mass is 9.73. The maximum Gasteiger partial charge on any atom is 0.416 e. The van der Waals surface area contributed by atoms with Gasteiger partial charge in [-0.05, 0) is 35.4 Å². The molecule has 3 aromatic carbocycles. The van der Waals surface area contributed by atoms with Crippen molar-refractivity contribution >= 4 is 17.8 Å². The Labute approximate surface area is 216 Å². The zero-order valence-corrected chi connectivity index (χ0v) is 20.5. The van der Waals surface area contributed by atoms with Crippen molar-refractivity contribution in [2.75, 3.05) is 14.2 Å². The molecular weight excluding hydrogens is 501 g/mol. The number of carbonyl (C=O) groups excluding carboxylic acids is 3. The van der Waals surface area contributed by atoms with E-state index in [0.29, 0.717) is 5.56 Å². The molecule has 1 aliphatic heterocycles. The minimum Gasteiger partial charge on any atom is -0.468 e. The molecule has 7 nitrogen and oxygen atoms in total. The summed E-state index contributed by atoms with van der Waals surface area (Å²) < 4.78 is 50.0. The summed E-state index contributed by atoms with van der Waals surface area (Å²) in [5, 5.41) is 5.86. The number of halogens is 3. The van der Waals surface area contributed by atoms with Crippen LogP contribution in [0.3, 0.4) is 0 Å². The molecule has 1 aliphatic rings. The normalized spacial score (nSPS) is 22.9. The van der Waals surface area contributed by atoms with Gasteiger partial charge in [-0.15, -0.1) is 0 Å². The molecule has 1 heterocycles. The van der Waals surface area contributed by atoms with E-state index in [2.05, 4.69) is 10.6 Å². The minimum atomic E-state index is -4.58. The average Bonchev–Trinajstić information content (AvgIpc) is 3.28. The number of carbonyl (C=O) groups is 3. The van der Waals surface area contributed by atoms with Gasteiger partial charge in [-0.1, -0.05) is 60.7 Å². The van der Waals surface area contributed by atoms with Crippen molar-refractivity contribution in [2.24, 2.45) is 0 Å². The van der Waals surface area contributed by atoms with Gasteiger partial charge in [-0.3, -0.25) is 14.9 Å². The number of ether oxygens (including phenoxy) is 2. The summed E-state index contributed by atoms with van der Waals surface area (Å²) in [7, 11) is 2.32. The third kappa shape index (κ3) is 4.87. The lowest BCUT2D eigenvalue weighted by molar-refractivity contribution is -0.150. The molecule has 1 amide bonds. The zero-order valence-electron chi connectivity index (χ0n) is 20.5. The number of nitrogens with one attached hydrogen (secondary N) is 2. The van der Waals surface area contributed by atoms with E-state index >= 15 is 0 Å². The van der Waals surface area contributed by atoms with Gasteiger partial charge in [0.25, 0.3) is 5.91 Å². The second-order valence-electron chi connectivity index (χ2n) is 8.79. The molecule has 4 rings (SSSR count). The number of esters is 2. The van der Waals surface area contributed by atoms with Gasteiger partial charge in [0, 0.05) is 11.5 Å². The minimum absolute atomic E-state index is 0.226. The predicted octanol–water partition coefficient (Wildman–Crippen LogP) is 4.02. The van der Waals surface area contributed by atoms with Crippen molar-refractivity contribution < 1.29 is 37.0 Å². The first-order valence-corrected chi connectivity index (χ1v) is 11.7. The van der Waals surface area contributed by atoms with Gasteiger partial charge >= 0.3 is 18.1 Å². The van der Waals surface area contributed by atoms with Crippen LogP contribution in [-0.2, 0) is 25.2 Å².